The highest BCUT2D eigenvalue weighted by atomic mass is 16.6. The fraction of sp³-hybridized carbons (Fsp3) is 0.656. The number of carbonyl (C=O) groups excluding carboxylic acids is 5. The summed E-state index contributed by atoms with van der Waals surface area (Å²) in [6.45, 7) is 10.4. The van der Waals surface area contributed by atoms with Gasteiger partial charge >= 0.3 is 23.9 Å². The van der Waals surface area contributed by atoms with E-state index in [4.69, 9.17) is 18.9 Å². The lowest BCUT2D eigenvalue weighted by Crippen LogP contribution is -2.74. The van der Waals surface area contributed by atoms with Crippen LogP contribution in [0, 0.1) is 34.0 Å². The van der Waals surface area contributed by atoms with Crippen LogP contribution in [0.3, 0.4) is 0 Å². The lowest BCUT2D eigenvalue weighted by molar-refractivity contribution is -0.223. The van der Waals surface area contributed by atoms with Crippen molar-refractivity contribution in [2.45, 2.75) is 91.3 Å². The van der Waals surface area contributed by atoms with Gasteiger partial charge in [-0.15, -0.1) is 0 Å². The number of aliphatic hydroxyl groups is 2. The molecule has 9 unspecified atom stereocenters. The van der Waals surface area contributed by atoms with E-state index in [1.54, 1.807) is 40.7 Å². The van der Waals surface area contributed by atoms with Crippen molar-refractivity contribution < 1.29 is 53.1 Å². The van der Waals surface area contributed by atoms with E-state index in [1.165, 1.54) is 13.2 Å². The van der Waals surface area contributed by atoms with Crippen molar-refractivity contribution in [3.63, 3.8) is 0 Å². The number of aliphatic hydroxyl groups excluding tert-OH is 1. The number of cyclic esters (lactones) is 2. The Balaban J connectivity index is 1.70. The van der Waals surface area contributed by atoms with Crippen LogP contribution in [0.5, 0.6) is 0 Å². The number of ketones is 1. The van der Waals surface area contributed by atoms with Gasteiger partial charge in [0.15, 0.2) is 11.4 Å². The molecule has 234 valence electrons. The lowest BCUT2D eigenvalue weighted by atomic mass is 9.39. The quantitative estimate of drug-likeness (QED) is 0.206. The van der Waals surface area contributed by atoms with Gasteiger partial charge in [-0.2, -0.15) is 0 Å². The Kier molecular flexibility index (Phi) is 7.33. The molecule has 5 rings (SSSR count). The molecular formula is C32H40O11. The Hall–Kier alpha value is -3.31. The number of esters is 4. The molecule has 2 saturated carbocycles. The number of methoxy groups -OCH3 is 1. The third kappa shape index (κ3) is 4.33. The van der Waals surface area contributed by atoms with E-state index in [0.29, 0.717) is 18.4 Å². The smallest absolute Gasteiger partial charge is 0.333 e. The summed E-state index contributed by atoms with van der Waals surface area (Å²) in [6, 6.07) is 0. The summed E-state index contributed by atoms with van der Waals surface area (Å²) in [6.07, 6.45) is 0.904. The number of allylic oxidation sites excluding steroid dienone is 2. The second kappa shape index (κ2) is 10.1. The van der Waals surface area contributed by atoms with E-state index >= 15 is 0 Å². The topological polar surface area (TPSA) is 163 Å². The highest BCUT2D eigenvalue weighted by molar-refractivity contribution is 5.99. The van der Waals surface area contributed by atoms with Crippen LogP contribution >= 0.6 is 0 Å². The standard InChI is InChI=1S/C32H40O11/c1-8-15(2)25(36)43-28-29(3,4)20(13-21(33)40-7)31(6)18-9-10-30(5)19(17(18)14-32(28,39)27(31)38)12-23(35)41-24(30)16-11-22(34)42-26(16)37/h8,11,14,18-20,24,26,28,37,39H,9-10,12-13H2,1-7H3. The monoisotopic (exact) mass is 600 g/mol. The lowest BCUT2D eigenvalue weighted by Gasteiger charge is -2.65. The number of hydrogen-bond acceptors (Lipinski definition) is 11. The van der Waals surface area contributed by atoms with E-state index in [9.17, 15) is 34.2 Å². The first-order chi connectivity index (χ1) is 20.0. The Morgan fingerprint density at radius 2 is 1.77 bits per heavy atom. The number of hydrogen-bond donors (Lipinski definition) is 2. The second-order valence-corrected chi connectivity index (χ2v) is 13.7. The fourth-order valence-electron chi connectivity index (χ4n) is 8.80. The number of rotatable bonds is 5. The van der Waals surface area contributed by atoms with Gasteiger partial charge < -0.3 is 29.2 Å². The predicted molar refractivity (Wildman–Crippen MR) is 148 cm³/mol. The molecule has 0 spiro atoms. The average molecular weight is 601 g/mol. The maximum atomic E-state index is 14.5. The molecule has 9 atom stereocenters. The summed E-state index contributed by atoms with van der Waals surface area (Å²) in [5.41, 5.74) is -4.40. The van der Waals surface area contributed by atoms with Gasteiger partial charge in [-0.1, -0.05) is 39.3 Å². The summed E-state index contributed by atoms with van der Waals surface area (Å²) >= 11 is 0. The molecule has 43 heavy (non-hydrogen) atoms. The van der Waals surface area contributed by atoms with Gasteiger partial charge in [0.1, 0.15) is 12.2 Å². The zero-order valence-corrected chi connectivity index (χ0v) is 25.6. The molecule has 0 aromatic carbocycles. The first kappa shape index (κ1) is 31.1. The van der Waals surface area contributed by atoms with Crippen LogP contribution in [-0.4, -0.2) is 71.1 Å². The van der Waals surface area contributed by atoms with E-state index in [1.807, 2.05) is 6.92 Å². The summed E-state index contributed by atoms with van der Waals surface area (Å²) in [5.74, 6) is -4.85. The summed E-state index contributed by atoms with van der Waals surface area (Å²) in [7, 11) is 1.26. The molecule has 2 N–H and O–H groups in total. The van der Waals surface area contributed by atoms with Crippen molar-refractivity contribution in [1.82, 2.24) is 0 Å². The van der Waals surface area contributed by atoms with E-state index in [2.05, 4.69) is 0 Å². The molecule has 3 fully saturated rings. The maximum Gasteiger partial charge on any atom is 0.333 e. The number of ether oxygens (including phenoxy) is 4. The molecule has 3 aliphatic carbocycles. The van der Waals surface area contributed by atoms with Crippen molar-refractivity contribution >= 4 is 29.7 Å². The maximum absolute atomic E-state index is 14.5. The predicted octanol–water partition coefficient (Wildman–Crippen LogP) is 2.48. The first-order valence-corrected chi connectivity index (χ1v) is 14.7. The molecule has 0 amide bonds. The first-order valence-electron chi connectivity index (χ1n) is 14.7. The van der Waals surface area contributed by atoms with E-state index in [-0.39, 0.29) is 24.0 Å². The molecule has 0 radical (unpaired) electrons. The Morgan fingerprint density at radius 3 is 2.35 bits per heavy atom. The van der Waals surface area contributed by atoms with E-state index in [0.717, 1.165) is 6.08 Å². The molecule has 2 bridgehead atoms. The van der Waals surface area contributed by atoms with Crippen molar-refractivity contribution in [2.24, 2.45) is 34.0 Å². The van der Waals surface area contributed by atoms with Gasteiger partial charge in [0, 0.05) is 39.9 Å². The molecule has 2 heterocycles. The second-order valence-electron chi connectivity index (χ2n) is 13.7. The minimum absolute atomic E-state index is 0.0684. The van der Waals surface area contributed by atoms with Crippen molar-refractivity contribution in [3.05, 3.63) is 34.9 Å². The number of fused-ring (bicyclic) bond motifs is 6. The molecule has 11 heteroatoms. The van der Waals surface area contributed by atoms with Gasteiger partial charge in [0.25, 0.3) is 0 Å². The van der Waals surface area contributed by atoms with Crippen molar-refractivity contribution in [2.75, 3.05) is 7.11 Å². The van der Waals surface area contributed by atoms with Crippen LogP contribution in [0.4, 0.5) is 0 Å². The molecule has 5 aliphatic rings. The average Bonchev–Trinajstić information content (AvgIpc) is 3.28. The number of carbonyl (C=O) groups is 5. The zero-order chi connectivity index (χ0) is 31.9. The van der Waals surface area contributed by atoms with Crippen LogP contribution in [0.2, 0.25) is 0 Å². The minimum Gasteiger partial charge on any atom is -0.469 e. The molecule has 0 aromatic heterocycles. The molecule has 0 aromatic rings. The molecular weight excluding hydrogens is 560 g/mol. The Bertz CT molecular complexity index is 1390. The van der Waals surface area contributed by atoms with Gasteiger partial charge in [0.05, 0.1) is 13.5 Å². The summed E-state index contributed by atoms with van der Waals surface area (Å²) < 4.78 is 21.6. The number of Topliss-reactive ketones (excluding diaryl/α,β-unsaturated/α-hetero) is 1. The Morgan fingerprint density at radius 1 is 1.09 bits per heavy atom. The van der Waals surface area contributed by atoms with E-state index < -0.39 is 87.8 Å². The van der Waals surface area contributed by atoms with Gasteiger partial charge in [-0.3, -0.25) is 14.4 Å². The van der Waals surface area contributed by atoms with Gasteiger partial charge in [-0.25, -0.2) is 9.59 Å². The SMILES string of the molecule is CC=C(C)C(=O)OC1C2(O)C=C3C4CC(=O)OC(C5=CC(=O)OC5O)C4(C)CCC3C(C)(C2=O)C(CC(=O)OC)C1(C)C. The van der Waals surface area contributed by atoms with Crippen LogP contribution in [0.15, 0.2) is 34.9 Å². The molecule has 1 saturated heterocycles. The van der Waals surface area contributed by atoms with Crippen LogP contribution < -0.4 is 0 Å². The van der Waals surface area contributed by atoms with Crippen LogP contribution in [-0.2, 0) is 42.9 Å². The largest absolute Gasteiger partial charge is 0.469 e. The highest BCUT2D eigenvalue weighted by Crippen LogP contribution is 2.68. The Labute approximate surface area is 250 Å². The third-order valence-corrected chi connectivity index (χ3v) is 11.1. The van der Waals surface area contributed by atoms with Crippen molar-refractivity contribution in [1.29, 1.82) is 0 Å². The van der Waals surface area contributed by atoms with Gasteiger partial charge in [0.2, 0.25) is 6.29 Å². The zero-order valence-electron chi connectivity index (χ0n) is 25.6. The molecule has 11 nitrogen and oxygen atoms in total. The minimum atomic E-state index is -2.26. The van der Waals surface area contributed by atoms with Crippen LogP contribution in [0.25, 0.3) is 0 Å². The molecule has 2 aliphatic heterocycles. The van der Waals surface area contributed by atoms with Gasteiger partial charge in [-0.05, 0) is 50.5 Å². The van der Waals surface area contributed by atoms with Crippen LogP contribution in [0.1, 0.15) is 67.2 Å². The van der Waals surface area contributed by atoms with Crippen molar-refractivity contribution in [3.8, 4) is 0 Å². The highest BCUT2D eigenvalue weighted by Gasteiger charge is 2.74. The summed E-state index contributed by atoms with van der Waals surface area (Å²) in [4.78, 5) is 65.5. The summed E-state index contributed by atoms with van der Waals surface area (Å²) in [5, 5.41) is 22.9. The third-order valence-electron chi connectivity index (χ3n) is 11.1. The fourth-order valence-corrected chi connectivity index (χ4v) is 8.80. The normalized spacial score (nSPS) is 41.6.